The van der Waals surface area contributed by atoms with E-state index >= 15 is 0 Å². The van der Waals surface area contributed by atoms with Gasteiger partial charge >= 0.3 is 0 Å². The molecule has 0 fully saturated rings. The van der Waals surface area contributed by atoms with Crippen molar-refractivity contribution >= 4 is 0 Å². The van der Waals surface area contributed by atoms with Crippen molar-refractivity contribution in [1.29, 1.82) is 0 Å². The first-order valence-corrected chi connectivity index (χ1v) is 4.68. The summed E-state index contributed by atoms with van der Waals surface area (Å²) in [4.78, 5) is 0. The van der Waals surface area contributed by atoms with Gasteiger partial charge in [-0.05, 0) is 34.1 Å². The largest absolute Gasteiger partial charge is 0.207 e. The van der Waals surface area contributed by atoms with Crippen LogP contribution in [0.15, 0.2) is 18.2 Å². The molecule has 1 aliphatic carbocycles. The highest BCUT2D eigenvalue weighted by molar-refractivity contribution is 5.52. The third kappa shape index (κ3) is 0.849. The molecule has 13 heavy (non-hydrogen) atoms. The minimum atomic E-state index is -0.123. The van der Waals surface area contributed by atoms with Crippen molar-refractivity contribution in [2.45, 2.75) is 38.5 Å². The van der Waals surface area contributed by atoms with Crippen LogP contribution in [0, 0.1) is 5.82 Å². The molecule has 0 saturated heterocycles. The summed E-state index contributed by atoms with van der Waals surface area (Å²) in [5.74, 6) is -0.123. The van der Waals surface area contributed by atoms with Crippen LogP contribution in [0.3, 0.4) is 0 Å². The molecule has 1 aromatic carbocycles. The van der Waals surface area contributed by atoms with Crippen molar-refractivity contribution in [3.05, 3.63) is 35.1 Å². The Morgan fingerprint density at radius 2 is 1.46 bits per heavy atom. The summed E-state index contributed by atoms with van der Waals surface area (Å²) in [7, 11) is 0. The Bertz CT molecular complexity index is 361. The molecule has 0 radical (unpaired) electrons. The predicted molar refractivity (Wildman–Crippen MR) is 52.5 cm³/mol. The highest BCUT2D eigenvalue weighted by Crippen LogP contribution is 2.55. The minimum absolute atomic E-state index is 0.102. The molecule has 0 unspecified atom stereocenters. The molecule has 0 nitrogen and oxygen atoms in total. The molecule has 2 rings (SSSR count). The van der Waals surface area contributed by atoms with Gasteiger partial charge in [-0.2, -0.15) is 0 Å². The molecule has 0 heterocycles. The molecular formula is C12H15F. The Morgan fingerprint density at radius 3 is 2.08 bits per heavy atom. The summed E-state index contributed by atoms with van der Waals surface area (Å²) in [6, 6.07) is 5.13. The van der Waals surface area contributed by atoms with E-state index < -0.39 is 0 Å². The first kappa shape index (κ1) is 8.74. The molecule has 0 spiro atoms. The van der Waals surface area contributed by atoms with E-state index in [0.717, 1.165) is 5.56 Å². The molecule has 0 N–H and O–H groups in total. The summed E-state index contributed by atoms with van der Waals surface area (Å²) < 4.78 is 13.0. The van der Waals surface area contributed by atoms with Crippen LogP contribution in [-0.2, 0) is 10.8 Å². The maximum atomic E-state index is 13.0. The van der Waals surface area contributed by atoms with Crippen LogP contribution < -0.4 is 0 Å². The van der Waals surface area contributed by atoms with Crippen molar-refractivity contribution in [2.24, 2.45) is 0 Å². The lowest BCUT2D eigenvalue weighted by molar-refractivity contribution is 0.241. The van der Waals surface area contributed by atoms with Crippen molar-refractivity contribution in [3.63, 3.8) is 0 Å². The molecule has 0 aliphatic heterocycles. The molecule has 1 aliphatic rings. The van der Waals surface area contributed by atoms with Crippen LogP contribution in [0.5, 0.6) is 0 Å². The van der Waals surface area contributed by atoms with Crippen LogP contribution in [0.1, 0.15) is 38.8 Å². The minimum Gasteiger partial charge on any atom is -0.207 e. The highest BCUT2D eigenvalue weighted by Gasteiger charge is 2.50. The van der Waals surface area contributed by atoms with Crippen molar-refractivity contribution in [1.82, 2.24) is 0 Å². The fraction of sp³-hybridized carbons (Fsp3) is 0.500. The van der Waals surface area contributed by atoms with Gasteiger partial charge in [0.1, 0.15) is 5.82 Å². The molecule has 1 aromatic rings. The fourth-order valence-electron chi connectivity index (χ4n) is 2.19. The Balaban J connectivity index is 2.64. The SMILES string of the molecule is CC1(C)c2ccc(F)cc2C1(C)C. The van der Waals surface area contributed by atoms with E-state index in [1.165, 1.54) is 5.56 Å². The van der Waals surface area contributed by atoms with Gasteiger partial charge in [0.25, 0.3) is 0 Å². The number of rotatable bonds is 0. The predicted octanol–water partition coefficient (Wildman–Crippen LogP) is 3.39. The summed E-state index contributed by atoms with van der Waals surface area (Å²) in [5.41, 5.74) is 2.73. The lowest BCUT2D eigenvalue weighted by Gasteiger charge is -2.54. The van der Waals surface area contributed by atoms with E-state index in [1.54, 1.807) is 12.1 Å². The molecule has 0 amide bonds. The lowest BCUT2D eigenvalue weighted by Crippen LogP contribution is -2.50. The highest BCUT2D eigenvalue weighted by atomic mass is 19.1. The van der Waals surface area contributed by atoms with E-state index in [9.17, 15) is 4.39 Å². The summed E-state index contributed by atoms with van der Waals surface area (Å²) in [6.07, 6.45) is 0. The van der Waals surface area contributed by atoms with Gasteiger partial charge in [-0.15, -0.1) is 0 Å². The van der Waals surface area contributed by atoms with Gasteiger partial charge in [-0.1, -0.05) is 33.8 Å². The van der Waals surface area contributed by atoms with Crippen LogP contribution in [0.2, 0.25) is 0 Å². The fourth-order valence-corrected chi connectivity index (χ4v) is 2.19. The van der Waals surface area contributed by atoms with E-state index in [2.05, 4.69) is 27.7 Å². The molecule has 0 atom stereocenters. The molecule has 0 aromatic heterocycles. The van der Waals surface area contributed by atoms with Crippen LogP contribution in [0.4, 0.5) is 4.39 Å². The van der Waals surface area contributed by atoms with E-state index in [1.807, 2.05) is 6.07 Å². The Morgan fingerprint density at radius 1 is 0.923 bits per heavy atom. The number of halogens is 1. The topological polar surface area (TPSA) is 0 Å². The van der Waals surface area contributed by atoms with E-state index in [4.69, 9.17) is 0 Å². The zero-order valence-corrected chi connectivity index (χ0v) is 8.61. The molecule has 0 bridgehead atoms. The van der Waals surface area contributed by atoms with Gasteiger partial charge in [0.2, 0.25) is 0 Å². The van der Waals surface area contributed by atoms with Gasteiger partial charge in [-0.25, -0.2) is 4.39 Å². The van der Waals surface area contributed by atoms with Crippen molar-refractivity contribution in [3.8, 4) is 0 Å². The molecule has 0 saturated carbocycles. The summed E-state index contributed by atoms with van der Waals surface area (Å²) in [6.45, 7) is 8.78. The van der Waals surface area contributed by atoms with Crippen molar-refractivity contribution in [2.75, 3.05) is 0 Å². The first-order valence-electron chi connectivity index (χ1n) is 4.68. The first-order chi connectivity index (χ1) is 5.87. The van der Waals surface area contributed by atoms with Gasteiger partial charge in [-0.3, -0.25) is 0 Å². The van der Waals surface area contributed by atoms with Crippen LogP contribution in [-0.4, -0.2) is 0 Å². The van der Waals surface area contributed by atoms with Gasteiger partial charge < -0.3 is 0 Å². The Hall–Kier alpha value is -0.850. The third-order valence-corrected chi connectivity index (χ3v) is 3.89. The second kappa shape index (κ2) is 2.14. The number of hydrogen-bond donors (Lipinski definition) is 0. The maximum absolute atomic E-state index is 13.0. The van der Waals surface area contributed by atoms with Gasteiger partial charge in [0.05, 0.1) is 0 Å². The quantitative estimate of drug-likeness (QED) is 0.571. The molecular weight excluding hydrogens is 163 g/mol. The zero-order chi connectivity index (χ0) is 9.85. The lowest BCUT2D eigenvalue weighted by atomic mass is 9.50. The van der Waals surface area contributed by atoms with E-state index in [-0.39, 0.29) is 16.6 Å². The number of fused-ring (bicyclic) bond motifs is 1. The standard InChI is InChI=1S/C12H15F/c1-11(2)9-6-5-8(13)7-10(9)12(11,3)4/h5-7H,1-4H3. The van der Waals surface area contributed by atoms with Gasteiger partial charge in [0.15, 0.2) is 0 Å². The smallest absolute Gasteiger partial charge is 0.123 e. The van der Waals surface area contributed by atoms with Crippen LogP contribution >= 0.6 is 0 Å². The number of benzene rings is 1. The average Bonchev–Trinajstić information content (AvgIpc) is 2.03. The van der Waals surface area contributed by atoms with Gasteiger partial charge in [0, 0.05) is 0 Å². The maximum Gasteiger partial charge on any atom is 0.123 e. The average molecular weight is 178 g/mol. The normalized spacial score (nSPS) is 21.9. The van der Waals surface area contributed by atoms with E-state index in [0.29, 0.717) is 0 Å². The van der Waals surface area contributed by atoms with Crippen molar-refractivity contribution < 1.29 is 4.39 Å². The second-order valence-electron chi connectivity index (χ2n) is 4.94. The second-order valence-corrected chi connectivity index (χ2v) is 4.94. The zero-order valence-electron chi connectivity index (χ0n) is 8.61. The summed E-state index contributed by atoms with van der Waals surface area (Å²) >= 11 is 0. The monoisotopic (exact) mass is 178 g/mol. The van der Waals surface area contributed by atoms with Crippen LogP contribution in [0.25, 0.3) is 0 Å². The summed E-state index contributed by atoms with van der Waals surface area (Å²) in [5, 5.41) is 0. The molecule has 1 heteroatoms. The Kier molecular flexibility index (Phi) is 1.44. The third-order valence-electron chi connectivity index (χ3n) is 3.89. The molecule has 70 valence electrons. The Labute approximate surface area is 78.8 Å². The number of hydrogen-bond acceptors (Lipinski definition) is 0.